The van der Waals surface area contributed by atoms with Gasteiger partial charge >= 0.3 is 0 Å². The minimum atomic E-state index is 0.267. The number of aryl methyl sites for hydroxylation is 2. The molecule has 35 nitrogen and oxygen atoms in total. The molecule has 8 aliphatic heterocycles. The van der Waals surface area contributed by atoms with Gasteiger partial charge in [-0.15, -0.1) is 0 Å². The summed E-state index contributed by atoms with van der Waals surface area (Å²) in [6.07, 6.45) is 27.4. The Morgan fingerprint density at radius 2 is 0.635 bits per heavy atom. The van der Waals surface area contributed by atoms with Gasteiger partial charge in [0.2, 0.25) is 59.5 Å². The van der Waals surface area contributed by atoms with Crippen LogP contribution in [0, 0.1) is 6.92 Å². The molecule has 148 heavy (non-hydrogen) atoms. The van der Waals surface area contributed by atoms with Crippen LogP contribution in [-0.2, 0) is 84.0 Å². The van der Waals surface area contributed by atoms with Gasteiger partial charge < -0.3 is 76.8 Å². The van der Waals surface area contributed by atoms with E-state index in [1.165, 1.54) is 84.3 Å². The molecule has 16 heterocycles. The maximum absolute atomic E-state index is 6.29. The normalized spacial score (nSPS) is 15.7. The Balaban J connectivity index is 0.000000116. The molecule has 0 spiro atoms. The van der Waals surface area contributed by atoms with Crippen LogP contribution < -0.4 is 76.8 Å². The largest absolute Gasteiger partial charge is 0.383 e. The highest BCUT2D eigenvalue weighted by atomic mass is 15.4. The summed E-state index contributed by atoms with van der Waals surface area (Å²) in [6, 6.07) is 68.0. The van der Waals surface area contributed by atoms with Crippen molar-refractivity contribution in [2.45, 2.75) is 110 Å². The number of benzene rings is 8. The number of fused-ring (bicyclic) bond motifs is 4. The Morgan fingerprint density at radius 1 is 0.277 bits per heavy atom. The summed E-state index contributed by atoms with van der Waals surface area (Å²) < 4.78 is 0. The summed E-state index contributed by atoms with van der Waals surface area (Å²) in [4.78, 5) is 109. The Kier molecular flexibility index (Phi) is 31.6. The van der Waals surface area contributed by atoms with Crippen LogP contribution in [0.15, 0.2) is 257 Å². The Bertz CT molecular complexity index is 6860. The Morgan fingerprint density at radius 3 is 1.09 bits per heavy atom. The number of piperazine rings is 4. The molecule has 1 unspecified atom stereocenters. The lowest BCUT2D eigenvalue weighted by atomic mass is 9.96. The first-order valence-corrected chi connectivity index (χ1v) is 51.7. The maximum Gasteiger partial charge on any atom is 0.231 e. The van der Waals surface area contributed by atoms with E-state index in [-0.39, 0.29) is 5.92 Å². The minimum absolute atomic E-state index is 0.267. The first-order valence-electron chi connectivity index (χ1n) is 51.7. The molecule has 1 atom stereocenters. The summed E-state index contributed by atoms with van der Waals surface area (Å²) in [7, 11) is 0. The SMILES string of the molecule is CC(c1ccccc1)c1cnc(N2CCN(c3ncnc(Cc4ccc5c(c4)CNCC5)n3)CC2)nc1.Cc1nc(N2CCN(c3ncnc(Nc4ccc5c(c4)CNCC5)n3)CC2)ncc1Cc1ccccc1.Nc1nc(N2CCN(c3ncnc(Nc4ccc5c(c4)CNCC5)n3)CC2)ncc1Cc1ccccc1.c1ccc(Cc2cnc(N3CCN(c4ncnc(Cc5ccc6c(c5)CCCNC6)n4)CC3)nc2)cc1. The third-order valence-corrected chi connectivity index (χ3v) is 28.5. The molecule has 0 radical (unpaired) electrons. The molecule has 0 amide bonds. The highest BCUT2D eigenvalue weighted by Gasteiger charge is 2.29. The van der Waals surface area contributed by atoms with Gasteiger partial charge in [0.1, 0.15) is 42.8 Å². The van der Waals surface area contributed by atoms with Crippen LogP contribution in [0.3, 0.4) is 0 Å². The van der Waals surface area contributed by atoms with E-state index in [9.17, 15) is 0 Å². The number of rotatable bonds is 24. The fraction of sp³-hybridized carbons (Fsp3) is 0.327. The highest BCUT2D eigenvalue weighted by molar-refractivity contribution is 5.60. The minimum Gasteiger partial charge on any atom is -0.383 e. The number of hydrogen-bond acceptors (Lipinski definition) is 35. The molecule has 4 fully saturated rings. The monoisotopic (exact) mass is 1970 g/mol. The topological polar surface area (TPSA) is 382 Å². The first-order chi connectivity index (χ1) is 72.9. The van der Waals surface area contributed by atoms with Gasteiger partial charge in [0, 0.05) is 229 Å². The highest BCUT2D eigenvalue weighted by Crippen LogP contribution is 2.32. The molecule has 0 aliphatic carbocycles. The fourth-order valence-electron chi connectivity index (χ4n) is 20.0. The van der Waals surface area contributed by atoms with Crippen molar-refractivity contribution in [3.8, 4) is 0 Å². The molecular formula is C113H125N35. The lowest BCUT2D eigenvalue weighted by Crippen LogP contribution is -2.47. The zero-order valence-electron chi connectivity index (χ0n) is 84.0. The molecule has 35 heteroatoms. The summed E-state index contributed by atoms with van der Waals surface area (Å²) in [5, 5.41) is 20.5. The molecule has 24 rings (SSSR count). The first kappa shape index (κ1) is 97.8. The van der Waals surface area contributed by atoms with Crippen molar-refractivity contribution in [1.29, 1.82) is 0 Å². The van der Waals surface area contributed by atoms with E-state index in [0.717, 1.165) is 289 Å². The van der Waals surface area contributed by atoms with Crippen molar-refractivity contribution in [1.82, 2.24) is 121 Å². The van der Waals surface area contributed by atoms with Crippen molar-refractivity contribution in [2.75, 3.05) is 186 Å². The van der Waals surface area contributed by atoms with Gasteiger partial charge in [-0.05, 0) is 184 Å². The van der Waals surface area contributed by atoms with E-state index in [1.54, 1.807) is 25.3 Å². The fourth-order valence-corrected chi connectivity index (χ4v) is 20.0. The van der Waals surface area contributed by atoms with E-state index in [0.29, 0.717) is 42.0 Å². The van der Waals surface area contributed by atoms with Crippen molar-refractivity contribution in [3.63, 3.8) is 0 Å². The smallest absolute Gasteiger partial charge is 0.231 e. The molecule has 8 aromatic carbocycles. The van der Waals surface area contributed by atoms with Crippen molar-refractivity contribution < 1.29 is 0 Å². The van der Waals surface area contributed by atoms with Crippen molar-refractivity contribution in [2.24, 2.45) is 0 Å². The van der Waals surface area contributed by atoms with Gasteiger partial charge in [0.25, 0.3) is 0 Å². The zero-order valence-corrected chi connectivity index (χ0v) is 84.0. The molecule has 0 saturated carbocycles. The molecule has 752 valence electrons. The van der Waals surface area contributed by atoms with E-state index in [1.807, 2.05) is 73.6 Å². The van der Waals surface area contributed by atoms with Gasteiger partial charge in [-0.1, -0.05) is 177 Å². The number of nitrogens with zero attached hydrogens (tertiary/aromatic N) is 28. The lowest BCUT2D eigenvalue weighted by Gasteiger charge is -2.34. The number of nitrogens with two attached hydrogens (primary N) is 1. The average Bonchev–Trinajstić information content (AvgIpc) is 1.04. The summed E-state index contributed by atoms with van der Waals surface area (Å²) >= 11 is 0. The van der Waals surface area contributed by atoms with Crippen LogP contribution in [0.5, 0.6) is 0 Å². The Labute approximate surface area is 863 Å². The Hall–Kier alpha value is -16.2. The van der Waals surface area contributed by atoms with Gasteiger partial charge in [-0.2, -0.15) is 24.9 Å². The molecule has 8 N–H and O–H groups in total. The van der Waals surface area contributed by atoms with Gasteiger partial charge in [0.15, 0.2) is 0 Å². The quantitative estimate of drug-likeness (QED) is 0.0295. The number of anilines is 13. The number of hydrogen-bond donors (Lipinski definition) is 7. The van der Waals surface area contributed by atoms with E-state index in [4.69, 9.17) is 25.7 Å². The third kappa shape index (κ3) is 25.4. The number of nitrogens with one attached hydrogen (secondary N) is 6. The van der Waals surface area contributed by atoms with Crippen LogP contribution in [0.4, 0.5) is 76.7 Å². The van der Waals surface area contributed by atoms with Gasteiger partial charge in [-0.3, -0.25) is 0 Å². The summed E-state index contributed by atoms with van der Waals surface area (Å²) in [6.45, 7) is 25.0. The number of nitrogen functional groups attached to an aromatic ring is 1. The van der Waals surface area contributed by atoms with E-state index >= 15 is 0 Å². The summed E-state index contributed by atoms with van der Waals surface area (Å²) in [5.74, 6) is 9.38. The van der Waals surface area contributed by atoms with Crippen molar-refractivity contribution in [3.05, 3.63) is 374 Å². The molecule has 0 bridgehead atoms. The predicted molar refractivity (Wildman–Crippen MR) is 580 cm³/mol. The zero-order chi connectivity index (χ0) is 100.0. The van der Waals surface area contributed by atoms with Crippen LogP contribution in [0.1, 0.15) is 137 Å². The lowest BCUT2D eigenvalue weighted by molar-refractivity contribution is 0.623. The molecule has 8 aliphatic rings. The predicted octanol–water partition coefficient (Wildman–Crippen LogP) is 12.4. The van der Waals surface area contributed by atoms with Crippen molar-refractivity contribution >= 4 is 76.7 Å². The number of aromatic nitrogens is 20. The second-order valence-corrected chi connectivity index (χ2v) is 38.5. The second kappa shape index (κ2) is 47.7. The molecule has 16 aromatic rings. The maximum atomic E-state index is 6.29. The van der Waals surface area contributed by atoms with Gasteiger partial charge in [0.05, 0.1) is 0 Å². The van der Waals surface area contributed by atoms with Crippen LogP contribution in [-0.4, -0.2) is 231 Å². The van der Waals surface area contributed by atoms with E-state index < -0.39 is 0 Å². The standard InChI is InChI=1S/2C29H32N8.C28H31N9.C27H30N10/c1-21(23-5-3-2-4-6-23)26-18-31-28(32-19-26)36-11-13-37(14-12-36)29-34-20-33-27(35-29)16-22-7-8-24-9-10-30-17-25(24)15-22;1-2-5-22(6-3-1)15-24-18-31-28(32-19-24)36-11-13-37(14-12-36)29-34-21-33-27(35-29)17-23-8-9-26-20-30-10-4-7-25(26)16-23;1-20-23(15-21-5-3-2-4-6-21)18-30-27(33-20)36-11-13-37(14-12-36)28-32-19-31-26(35-28)34-25-8-7-22-9-10-29-17-24(22)16-25;28-24-22(14-19-4-2-1-3-5-19)17-30-26(34-24)36-10-12-37(13-11-36)27-32-18-31-25(35-27)33-23-7-6-20-8-9-29-16-21(20)15-23/h2-8,15,18-21,30H,9-14,16-17H2,1H3;1-3,5-6,8-9,16,18-19,21,30H,4,7,10-15,17,20H2;2-8,16,18-19,29H,9-15,17H2,1H3,(H,31,32,34,35);1-7,15,17-18,29H,8-14,16H2,(H2,28,30,34)(H,31,32,33,35). The second-order valence-electron chi connectivity index (χ2n) is 38.5. The van der Waals surface area contributed by atoms with Crippen LogP contribution in [0.2, 0.25) is 0 Å². The van der Waals surface area contributed by atoms with Gasteiger partial charge in [-0.25, -0.2) is 74.8 Å². The molecule has 4 saturated heterocycles. The third-order valence-electron chi connectivity index (χ3n) is 28.5. The average molecular weight is 1970 g/mol. The van der Waals surface area contributed by atoms with Crippen LogP contribution >= 0.6 is 0 Å². The molecular weight excluding hydrogens is 1850 g/mol. The van der Waals surface area contributed by atoms with Crippen LogP contribution in [0.25, 0.3) is 0 Å². The molecule has 8 aromatic heterocycles. The summed E-state index contributed by atoms with van der Waals surface area (Å²) in [5.41, 5.74) is 32.3. The van der Waals surface area contributed by atoms with E-state index in [2.05, 4.69) is 322 Å².